The first kappa shape index (κ1) is 13.7. The summed E-state index contributed by atoms with van der Waals surface area (Å²) in [7, 11) is 0. The largest absolute Gasteiger partial charge is 0.382 e. The van der Waals surface area contributed by atoms with Crippen LogP contribution >= 0.6 is 0 Å². The third kappa shape index (κ3) is 3.08. The second-order valence-corrected chi connectivity index (χ2v) is 6.47. The van der Waals surface area contributed by atoms with Gasteiger partial charge in [0.2, 0.25) is 0 Å². The molecule has 1 aromatic carbocycles. The van der Waals surface area contributed by atoms with Crippen molar-refractivity contribution in [2.24, 2.45) is 5.92 Å². The summed E-state index contributed by atoms with van der Waals surface area (Å²) in [6.45, 7) is 4.29. The van der Waals surface area contributed by atoms with Crippen LogP contribution in [0.1, 0.15) is 45.4 Å². The highest BCUT2D eigenvalue weighted by atomic mass is 19.1. The van der Waals surface area contributed by atoms with Crippen molar-refractivity contribution in [2.45, 2.75) is 51.5 Å². The Labute approximate surface area is 121 Å². The second kappa shape index (κ2) is 6.02. The number of hydrogen-bond donors (Lipinski definition) is 1. The Morgan fingerprint density at radius 1 is 1.15 bits per heavy atom. The average Bonchev–Trinajstić information content (AvgIpc) is 2.92. The minimum Gasteiger partial charge on any atom is -0.382 e. The lowest BCUT2D eigenvalue weighted by atomic mass is 9.87. The van der Waals surface area contributed by atoms with Gasteiger partial charge in [-0.3, -0.25) is 0 Å². The molecule has 1 N–H and O–H groups in total. The Hall–Kier alpha value is -1.25. The lowest BCUT2D eigenvalue weighted by molar-refractivity contribution is 0.358. The Balaban J connectivity index is 1.67. The third-order valence-corrected chi connectivity index (χ3v) is 4.70. The maximum atomic E-state index is 14.3. The topological polar surface area (TPSA) is 15.3 Å². The Morgan fingerprint density at radius 3 is 2.65 bits per heavy atom. The summed E-state index contributed by atoms with van der Waals surface area (Å²) < 4.78 is 14.3. The summed E-state index contributed by atoms with van der Waals surface area (Å²) in [6.07, 6.45) is 7.39. The van der Waals surface area contributed by atoms with Crippen LogP contribution in [0, 0.1) is 11.7 Å². The van der Waals surface area contributed by atoms with E-state index >= 15 is 0 Å². The molecule has 2 fully saturated rings. The number of benzene rings is 1. The predicted molar refractivity (Wildman–Crippen MR) is 82.9 cm³/mol. The highest BCUT2D eigenvalue weighted by Gasteiger charge is 2.20. The van der Waals surface area contributed by atoms with Crippen LogP contribution in [-0.2, 0) is 0 Å². The average molecular weight is 276 g/mol. The van der Waals surface area contributed by atoms with Crippen LogP contribution in [0.5, 0.6) is 0 Å². The van der Waals surface area contributed by atoms with E-state index in [1.54, 1.807) is 6.07 Å². The molecule has 1 aromatic rings. The van der Waals surface area contributed by atoms with Crippen molar-refractivity contribution in [3.05, 3.63) is 24.0 Å². The molecule has 3 rings (SSSR count). The smallest absolute Gasteiger partial charge is 0.148 e. The molecule has 0 amide bonds. The molecule has 2 unspecified atom stereocenters. The van der Waals surface area contributed by atoms with Crippen molar-refractivity contribution >= 4 is 11.4 Å². The first-order chi connectivity index (χ1) is 9.72. The van der Waals surface area contributed by atoms with Crippen LogP contribution in [0.2, 0.25) is 0 Å². The first-order valence-corrected chi connectivity index (χ1v) is 8.03. The molecule has 0 spiro atoms. The summed E-state index contributed by atoms with van der Waals surface area (Å²) in [5, 5.41) is 3.51. The highest BCUT2D eigenvalue weighted by Crippen LogP contribution is 2.29. The molecule has 3 heteroatoms. The molecule has 20 heavy (non-hydrogen) atoms. The number of anilines is 2. The molecule has 1 aliphatic carbocycles. The van der Waals surface area contributed by atoms with E-state index in [1.165, 1.54) is 38.5 Å². The molecule has 0 radical (unpaired) electrons. The SMILES string of the molecule is CC1CCCC(Nc2ccc(N3CCCC3)c(F)c2)C1. The van der Waals surface area contributed by atoms with Gasteiger partial charge in [0, 0.05) is 24.8 Å². The van der Waals surface area contributed by atoms with Crippen molar-refractivity contribution in [1.29, 1.82) is 0 Å². The van der Waals surface area contributed by atoms with E-state index < -0.39 is 0 Å². The standard InChI is InChI=1S/C17H25FN2/c1-13-5-4-6-14(11-13)19-15-7-8-17(16(18)12-15)20-9-2-3-10-20/h7-8,12-14,19H,2-6,9-11H2,1H3. The van der Waals surface area contributed by atoms with Gasteiger partial charge >= 0.3 is 0 Å². The summed E-state index contributed by atoms with van der Waals surface area (Å²) in [5.41, 5.74) is 1.70. The lowest BCUT2D eigenvalue weighted by Gasteiger charge is -2.28. The Morgan fingerprint density at radius 2 is 1.95 bits per heavy atom. The van der Waals surface area contributed by atoms with Crippen LogP contribution in [0.4, 0.5) is 15.8 Å². The van der Waals surface area contributed by atoms with Crippen LogP contribution in [0.25, 0.3) is 0 Å². The fourth-order valence-electron chi connectivity index (χ4n) is 3.61. The maximum Gasteiger partial charge on any atom is 0.148 e. The van der Waals surface area contributed by atoms with E-state index in [9.17, 15) is 4.39 Å². The zero-order valence-corrected chi connectivity index (χ0v) is 12.4. The molecule has 1 aliphatic heterocycles. The molecule has 2 atom stereocenters. The summed E-state index contributed by atoms with van der Waals surface area (Å²) in [6, 6.07) is 6.16. The molecular weight excluding hydrogens is 251 g/mol. The zero-order chi connectivity index (χ0) is 13.9. The van der Waals surface area contributed by atoms with Gasteiger partial charge in [0.05, 0.1) is 5.69 Å². The van der Waals surface area contributed by atoms with Gasteiger partial charge in [-0.25, -0.2) is 4.39 Å². The summed E-state index contributed by atoms with van der Waals surface area (Å²) in [4.78, 5) is 2.15. The summed E-state index contributed by atoms with van der Waals surface area (Å²) >= 11 is 0. The fraction of sp³-hybridized carbons (Fsp3) is 0.647. The Kier molecular flexibility index (Phi) is 4.13. The summed E-state index contributed by atoms with van der Waals surface area (Å²) in [5.74, 6) is 0.704. The zero-order valence-electron chi connectivity index (χ0n) is 12.4. The monoisotopic (exact) mass is 276 g/mol. The van der Waals surface area contributed by atoms with E-state index in [2.05, 4.69) is 17.1 Å². The second-order valence-electron chi connectivity index (χ2n) is 6.47. The van der Waals surface area contributed by atoms with Crippen LogP contribution < -0.4 is 10.2 Å². The van der Waals surface area contributed by atoms with E-state index in [0.717, 1.165) is 30.4 Å². The van der Waals surface area contributed by atoms with E-state index in [0.29, 0.717) is 6.04 Å². The molecule has 110 valence electrons. The Bertz CT molecular complexity index is 454. The van der Waals surface area contributed by atoms with Gasteiger partial charge in [-0.05, 0) is 49.8 Å². The lowest BCUT2D eigenvalue weighted by Crippen LogP contribution is -2.26. The normalized spacial score (nSPS) is 26.8. The number of hydrogen-bond acceptors (Lipinski definition) is 2. The van der Waals surface area contributed by atoms with E-state index in [4.69, 9.17) is 0 Å². The van der Waals surface area contributed by atoms with Crippen LogP contribution in [-0.4, -0.2) is 19.1 Å². The van der Waals surface area contributed by atoms with Crippen LogP contribution in [0.3, 0.4) is 0 Å². The van der Waals surface area contributed by atoms with Gasteiger partial charge in [-0.1, -0.05) is 19.8 Å². The van der Waals surface area contributed by atoms with Crippen molar-refractivity contribution in [3.63, 3.8) is 0 Å². The third-order valence-electron chi connectivity index (χ3n) is 4.70. The van der Waals surface area contributed by atoms with Crippen molar-refractivity contribution in [3.8, 4) is 0 Å². The van der Waals surface area contributed by atoms with E-state index in [-0.39, 0.29) is 5.82 Å². The molecule has 1 saturated carbocycles. The highest BCUT2D eigenvalue weighted by molar-refractivity contribution is 5.57. The van der Waals surface area contributed by atoms with Gasteiger partial charge < -0.3 is 10.2 Å². The van der Waals surface area contributed by atoms with Gasteiger partial charge in [0.15, 0.2) is 0 Å². The quantitative estimate of drug-likeness (QED) is 0.879. The van der Waals surface area contributed by atoms with Gasteiger partial charge in [-0.15, -0.1) is 0 Å². The number of rotatable bonds is 3. The van der Waals surface area contributed by atoms with Gasteiger partial charge in [0.25, 0.3) is 0 Å². The van der Waals surface area contributed by atoms with E-state index in [1.807, 2.05) is 12.1 Å². The molecular formula is C17H25FN2. The minimum absolute atomic E-state index is 0.0826. The maximum absolute atomic E-state index is 14.3. The predicted octanol–water partition coefficient (Wildman–Crippen LogP) is 4.42. The van der Waals surface area contributed by atoms with Crippen molar-refractivity contribution < 1.29 is 4.39 Å². The molecule has 2 aliphatic rings. The molecule has 1 heterocycles. The molecule has 0 bridgehead atoms. The van der Waals surface area contributed by atoms with Crippen molar-refractivity contribution in [2.75, 3.05) is 23.3 Å². The van der Waals surface area contributed by atoms with Gasteiger partial charge in [0.1, 0.15) is 5.82 Å². The minimum atomic E-state index is -0.0826. The number of nitrogens with one attached hydrogen (secondary N) is 1. The van der Waals surface area contributed by atoms with Crippen LogP contribution in [0.15, 0.2) is 18.2 Å². The fourth-order valence-corrected chi connectivity index (χ4v) is 3.61. The molecule has 0 aromatic heterocycles. The number of halogens is 1. The number of nitrogens with zero attached hydrogens (tertiary/aromatic N) is 1. The molecule has 2 nitrogen and oxygen atoms in total. The van der Waals surface area contributed by atoms with Gasteiger partial charge in [-0.2, -0.15) is 0 Å². The first-order valence-electron chi connectivity index (χ1n) is 8.03. The molecule has 1 saturated heterocycles. The van der Waals surface area contributed by atoms with Crippen molar-refractivity contribution in [1.82, 2.24) is 0 Å².